The molecule has 0 aliphatic carbocycles. The first-order chi connectivity index (χ1) is 10.2. The van der Waals surface area contributed by atoms with Gasteiger partial charge in [-0.3, -0.25) is 4.79 Å². The van der Waals surface area contributed by atoms with Crippen LogP contribution in [-0.2, 0) is 11.3 Å². The van der Waals surface area contributed by atoms with Crippen molar-refractivity contribution in [3.05, 3.63) is 24.3 Å². The summed E-state index contributed by atoms with van der Waals surface area (Å²) >= 11 is 1.20. The zero-order chi connectivity index (χ0) is 15.1. The third kappa shape index (κ3) is 4.43. The molecule has 1 aromatic carbocycles. The summed E-state index contributed by atoms with van der Waals surface area (Å²) in [6.07, 6.45) is 0. The van der Waals surface area contributed by atoms with Crippen molar-refractivity contribution in [2.75, 3.05) is 24.8 Å². The average Bonchev–Trinajstić information content (AvgIpc) is 2.93. The second-order valence-corrected chi connectivity index (χ2v) is 4.92. The van der Waals surface area contributed by atoms with Crippen molar-refractivity contribution < 1.29 is 14.6 Å². The quantitative estimate of drug-likeness (QED) is 0.714. The Kier molecular flexibility index (Phi) is 5.52. The van der Waals surface area contributed by atoms with E-state index in [0.717, 1.165) is 0 Å². The van der Waals surface area contributed by atoms with E-state index in [4.69, 9.17) is 9.84 Å². The largest absolute Gasteiger partial charge is 0.497 e. The molecule has 2 aromatic rings. The first-order valence-electron chi connectivity index (χ1n) is 6.16. The molecule has 2 rings (SSSR count). The number of carbonyl (C=O) groups excluding carboxylic acids is 1. The highest BCUT2D eigenvalue weighted by atomic mass is 32.2. The lowest BCUT2D eigenvalue weighted by Crippen LogP contribution is -2.15. The zero-order valence-electron chi connectivity index (χ0n) is 11.4. The predicted octanol–water partition coefficient (Wildman–Crippen LogP) is 0.405. The molecule has 1 aromatic heterocycles. The van der Waals surface area contributed by atoms with Crippen molar-refractivity contribution in [1.29, 1.82) is 0 Å². The Hall–Kier alpha value is -2.13. The van der Waals surface area contributed by atoms with E-state index in [0.29, 0.717) is 23.1 Å². The maximum absolute atomic E-state index is 11.9. The normalized spacial score (nSPS) is 10.4. The smallest absolute Gasteiger partial charge is 0.234 e. The number of aliphatic hydroxyl groups is 1. The SMILES string of the molecule is COc1cccc(NC(=O)CSc2nnnn2CCO)c1. The molecule has 0 fully saturated rings. The summed E-state index contributed by atoms with van der Waals surface area (Å²) in [6.45, 7) is 0.238. The minimum Gasteiger partial charge on any atom is -0.497 e. The molecule has 0 atom stereocenters. The highest BCUT2D eigenvalue weighted by molar-refractivity contribution is 7.99. The molecule has 0 unspecified atom stereocenters. The molecule has 8 nitrogen and oxygen atoms in total. The third-order valence-electron chi connectivity index (χ3n) is 2.50. The van der Waals surface area contributed by atoms with Crippen molar-refractivity contribution >= 4 is 23.4 Å². The van der Waals surface area contributed by atoms with Gasteiger partial charge in [0.05, 0.1) is 26.0 Å². The van der Waals surface area contributed by atoms with Gasteiger partial charge in [-0.1, -0.05) is 17.8 Å². The number of methoxy groups -OCH3 is 1. The van der Waals surface area contributed by atoms with Crippen LogP contribution in [0, 0.1) is 0 Å². The highest BCUT2D eigenvalue weighted by Crippen LogP contribution is 2.18. The van der Waals surface area contributed by atoms with Crippen molar-refractivity contribution in [2.45, 2.75) is 11.7 Å². The molecule has 0 saturated carbocycles. The lowest BCUT2D eigenvalue weighted by Gasteiger charge is -2.06. The van der Waals surface area contributed by atoms with E-state index in [1.807, 2.05) is 0 Å². The van der Waals surface area contributed by atoms with E-state index in [1.165, 1.54) is 16.4 Å². The molecule has 0 saturated heterocycles. The number of thioether (sulfide) groups is 1. The molecule has 2 N–H and O–H groups in total. The third-order valence-corrected chi connectivity index (χ3v) is 3.45. The van der Waals surface area contributed by atoms with Gasteiger partial charge in [0.1, 0.15) is 5.75 Å². The minimum absolute atomic E-state index is 0.0609. The number of aliphatic hydroxyl groups excluding tert-OH is 1. The average molecular weight is 309 g/mol. The molecule has 0 radical (unpaired) electrons. The van der Waals surface area contributed by atoms with Crippen LogP contribution < -0.4 is 10.1 Å². The fraction of sp³-hybridized carbons (Fsp3) is 0.333. The molecule has 0 spiro atoms. The Morgan fingerprint density at radius 3 is 3.14 bits per heavy atom. The first-order valence-corrected chi connectivity index (χ1v) is 7.15. The van der Waals surface area contributed by atoms with Crippen LogP contribution >= 0.6 is 11.8 Å². The number of rotatable bonds is 7. The van der Waals surface area contributed by atoms with Gasteiger partial charge in [0, 0.05) is 11.8 Å². The van der Waals surface area contributed by atoms with Crippen LogP contribution in [0.4, 0.5) is 5.69 Å². The Bertz CT molecular complexity index is 604. The van der Waals surface area contributed by atoms with Crippen molar-refractivity contribution in [1.82, 2.24) is 20.2 Å². The summed E-state index contributed by atoms with van der Waals surface area (Å²) in [5.74, 6) is 0.669. The lowest BCUT2D eigenvalue weighted by atomic mass is 10.3. The van der Waals surface area contributed by atoms with Crippen LogP contribution in [0.3, 0.4) is 0 Å². The van der Waals surface area contributed by atoms with Gasteiger partial charge in [-0.15, -0.1) is 5.10 Å². The molecule has 21 heavy (non-hydrogen) atoms. The van der Waals surface area contributed by atoms with Crippen molar-refractivity contribution in [3.63, 3.8) is 0 Å². The van der Waals surface area contributed by atoms with Gasteiger partial charge in [-0.2, -0.15) is 0 Å². The number of tetrazole rings is 1. The summed E-state index contributed by atoms with van der Waals surface area (Å²) in [5, 5.41) is 23.1. The number of aromatic nitrogens is 4. The van der Waals surface area contributed by atoms with Crippen LogP contribution in [-0.4, -0.2) is 50.7 Å². The van der Waals surface area contributed by atoms with Gasteiger partial charge >= 0.3 is 0 Å². The lowest BCUT2D eigenvalue weighted by molar-refractivity contribution is -0.113. The van der Waals surface area contributed by atoms with Crippen LogP contribution in [0.25, 0.3) is 0 Å². The van der Waals surface area contributed by atoms with E-state index in [2.05, 4.69) is 20.8 Å². The van der Waals surface area contributed by atoms with Crippen LogP contribution in [0.15, 0.2) is 29.4 Å². The van der Waals surface area contributed by atoms with Crippen molar-refractivity contribution in [2.24, 2.45) is 0 Å². The van der Waals surface area contributed by atoms with Gasteiger partial charge in [-0.05, 0) is 22.6 Å². The Morgan fingerprint density at radius 1 is 1.52 bits per heavy atom. The van der Waals surface area contributed by atoms with E-state index in [1.54, 1.807) is 31.4 Å². The number of carbonyl (C=O) groups is 1. The number of benzene rings is 1. The summed E-state index contributed by atoms with van der Waals surface area (Å²) in [7, 11) is 1.57. The second-order valence-electron chi connectivity index (χ2n) is 3.98. The summed E-state index contributed by atoms with van der Waals surface area (Å²) in [4.78, 5) is 11.9. The fourth-order valence-corrected chi connectivity index (χ4v) is 2.27. The fourth-order valence-electron chi connectivity index (χ4n) is 1.56. The summed E-state index contributed by atoms with van der Waals surface area (Å²) in [6, 6.07) is 7.11. The number of hydrogen-bond donors (Lipinski definition) is 2. The van der Waals surface area contributed by atoms with Gasteiger partial charge in [0.2, 0.25) is 11.1 Å². The maximum atomic E-state index is 11.9. The number of nitrogens with one attached hydrogen (secondary N) is 1. The van der Waals surface area contributed by atoms with Gasteiger partial charge in [-0.25, -0.2) is 4.68 Å². The first kappa shape index (κ1) is 15.3. The highest BCUT2D eigenvalue weighted by Gasteiger charge is 2.10. The van der Waals surface area contributed by atoms with Gasteiger partial charge in [0.25, 0.3) is 0 Å². The molecular formula is C12H15N5O3S. The Morgan fingerprint density at radius 2 is 2.38 bits per heavy atom. The monoisotopic (exact) mass is 309 g/mol. The van der Waals surface area contributed by atoms with Crippen LogP contribution in [0.2, 0.25) is 0 Å². The predicted molar refractivity (Wildman–Crippen MR) is 77.3 cm³/mol. The van der Waals surface area contributed by atoms with E-state index < -0.39 is 0 Å². The molecule has 112 valence electrons. The maximum Gasteiger partial charge on any atom is 0.234 e. The summed E-state index contributed by atoms with van der Waals surface area (Å²) < 4.78 is 6.54. The van der Waals surface area contributed by atoms with E-state index in [9.17, 15) is 4.79 Å². The number of anilines is 1. The van der Waals surface area contributed by atoms with Crippen LogP contribution in [0.5, 0.6) is 5.75 Å². The number of ether oxygens (including phenoxy) is 1. The number of amides is 1. The minimum atomic E-state index is -0.174. The number of hydrogen-bond acceptors (Lipinski definition) is 7. The zero-order valence-corrected chi connectivity index (χ0v) is 12.2. The molecule has 1 amide bonds. The van der Waals surface area contributed by atoms with E-state index >= 15 is 0 Å². The van der Waals surface area contributed by atoms with E-state index in [-0.39, 0.29) is 18.3 Å². The Balaban J connectivity index is 1.88. The molecule has 0 aliphatic heterocycles. The topological polar surface area (TPSA) is 102 Å². The standard InChI is InChI=1S/C12H15N5O3S/c1-20-10-4-2-3-9(7-10)13-11(19)8-21-12-14-15-16-17(12)5-6-18/h2-4,7,18H,5-6,8H2,1H3,(H,13,19). The Labute approximate surface area is 125 Å². The van der Waals surface area contributed by atoms with Gasteiger partial charge in [0.15, 0.2) is 0 Å². The van der Waals surface area contributed by atoms with Crippen LogP contribution in [0.1, 0.15) is 0 Å². The second kappa shape index (κ2) is 7.60. The summed E-state index contributed by atoms with van der Waals surface area (Å²) in [5.41, 5.74) is 0.662. The molecular weight excluding hydrogens is 294 g/mol. The molecule has 0 bridgehead atoms. The number of nitrogens with zero attached hydrogens (tertiary/aromatic N) is 4. The molecule has 1 heterocycles. The van der Waals surface area contributed by atoms with Gasteiger partial charge < -0.3 is 15.2 Å². The molecule has 0 aliphatic rings. The van der Waals surface area contributed by atoms with Crippen molar-refractivity contribution in [3.8, 4) is 5.75 Å². The molecule has 9 heteroatoms.